The Morgan fingerprint density at radius 3 is 2.71 bits per heavy atom. The van der Waals surface area contributed by atoms with Crippen molar-refractivity contribution in [3.05, 3.63) is 28.2 Å². The van der Waals surface area contributed by atoms with E-state index < -0.39 is 0 Å². The maximum absolute atomic E-state index is 12.2. The number of esters is 1. The predicted molar refractivity (Wildman–Crippen MR) is 77.0 cm³/mol. The Kier molecular flexibility index (Phi) is 6.58. The lowest BCUT2D eigenvalue weighted by atomic mass is 10.3. The molecule has 1 aromatic rings. The van der Waals surface area contributed by atoms with Crippen molar-refractivity contribution in [1.82, 2.24) is 14.7 Å². The van der Waals surface area contributed by atoms with E-state index in [2.05, 4.69) is 9.84 Å². The predicted octanol–water partition coefficient (Wildman–Crippen LogP) is 0.678. The summed E-state index contributed by atoms with van der Waals surface area (Å²) in [6.45, 7) is 2.74. The lowest BCUT2D eigenvalue weighted by Crippen LogP contribution is -2.32. The van der Waals surface area contributed by atoms with Crippen LogP contribution < -0.4 is 5.56 Å². The van der Waals surface area contributed by atoms with Gasteiger partial charge in [0.1, 0.15) is 5.69 Å². The quantitative estimate of drug-likeness (QED) is 0.691. The first-order valence-electron chi connectivity index (χ1n) is 6.90. The number of methoxy groups -OCH3 is 1. The van der Waals surface area contributed by atoms with Crippen LogP contribution >= 0.6 is 0 Å². The average molecular weight is 295 g/mol. The third kappa shape index (κ3) is 5.02. The van der Waals surface area contributed by atoms with E-state index in [9.17, 15) is 14.4 Å². The van der Waals surface area contributed by atoms with Crippen LogP contribution in [0.5, 0.6) is 0 Å². The number of rotatable bonds is 7. The number of hydrogen-bond acceptors (Lipinski definition) is 5. The zero-order chi connectivity index (χ0) is 15.8. The molecule has 1 heterocycles. The molecule has 1 amide bonds. The molecule has 0 bridgehead atoms. The minimum Gasteiger partial charge on any atom is -0.469 e. The summed E-state index contributed by atoms with van der Waals surface area (Å²) in [7, 11) is 2.88. The summed E-state index contributed by atoms with van der Waals surface area (Å²) >= 11 is 0. The maximum Gasteiger partial charge on any atom is 0.307 e. The van der Waals surface area contributed by atoms with Gasteiger partial charge in [-0.25, -0.2) is 4.68 Å². The summed E-state index contributed by atoms with van der Waals surface area (Å²) in [5.41, 5.74) is -0.0321. The number of unbranched alkanes of at least 4 members (excludes halogenated alkanes) is 1. The van der Waals surface area contributed by atoms with Crippen LogP contribution in [0.25, 0.3) is 0 Å². The van der Waals surface area contributed by atoms with Crippen molar-refractivity contribution in [2.24, 2.45) is 0 Å². The summed E-state index contributed by atoms with van der Waals surface area (Å²) in [5.74, 6) is -0.709. The Morgan fingerprint density at radius 1 is 1.38 bits per heavy atom. The standard InChI is InChI=1S/C14H21N3O4/c1-4-5-9-17-12(18)7-6-11(15-17)14(20)16(2)10-8-13(19)21-3/h6-7H,4-5,8-10H2,1-3H3. The summed E-state index contributed by atoms with van der Waals surface area (Å²) in [6.07, 6.45) is 1.88. The van der Waals surface area contributed by atoms with Crippen molar-refractivity contribution < 1.29 is 14.3 Å². The van der Waals surface area contributed by atoms with Crippen LogP contribution in [-0.2, 0) is 16.1 Å². The molecule has 0 unspecified atom stereocenters. The molecular formula is C14H21N3O4. The molecule has 0 fully saturated rings. The number of amides is 1. The Bertz CT molecular complexity index is 553. The van der Waals surface area contributed by atoms with Gasteiger partial charge in [-0.05, 0) is 12.5 Å². The summed E-state index contributed by atoms with van der Waals surface area (Å²) in [4.78, 5) is 36.3. The number of carbonyl (C=O) groups is 2. The number of ether oxygens (including phenoxy) is 1. The van der Waals surface area contributed by atoms with Crippen LogP contribution in [0.1, 0.15) is 36.7 Å². The van der Waals surface area contributed by atoms with Gasteiger partial charge in [0, 0.05) is 26.2 Å². The fraction of sp³-hybridized carbons (Fsp3) is 0.571. The Hall–Kier alpha value is -2.18. The third-order valence-electron chi connectivity index (χ3n) is 3.03. The monoisotopic (exact) mass is 295 g/mol. The van der Waals surface area contributed by atoms with Gasteiger partial charge in [-0.2, -0.15) is 5.10 Å². The summed E-state index contributed by atoms with van der Waals surface area (Å²) in [6, 6.07) is 2.74. The zero-order valence-electron chi connectivity index (χ0n) is 12.7. The van der Waals surface area contributed by atoms with E-state index in [-0.39, 0.29) is 36.1 Å². The van der Waals surface area contributed by atoms with Crippen LogP contribution in [0, 0.1) is 0 Å². The fourth-order valence-corrected chi connectivity index (χ4v) is 1.69. The zero-order valence-corrected chi connectivity index (χ0v) is 12.7. The summed E-state index contributed by atoms with van der Waals surface area (Å²) in [5, 5.41) is 4.07. The second kappa shape index (κ2) is 8.18. The molecule has 1 rings (SSSR count). The van der Waals surface area contributed by atoms with Gasteiger partial charge in [0.2, 0.25) is 0 Å². The molecule has 116 valence electrons. The minimum atomic E-state index is -0.379. The van der Waals surface area contributed by atoms with E-state index in [0.29, 0.717) is 6.54 Å². The molecule has 7 nitrogen and oxygen atoms in total. The Labute approximate surface area is 123 Å². The van der Waals surface area contributed by atoms with E-state index in [1.165, 1.54) is 28.8 Å². The molecule has 0 aliphatic carbocycles. The van der Waals surface area contributed by atoms with Crippen molar-refractivity contribution >= 4 is 11.9 Å². The highest BCUT2D eigenvalue weighted by molar-refractivity contribution is 5.92. The first kappa shape index (κ1) is 16.9. The van der Waals surface area contributed by atoms with Crippen molar-refractivity contribution in [3.63, 3.8) is 0 Å². The summed E-state index contributed by atoms with van der Waals surface area (Å²) < 4.78 is 5.82. The van der Waals surface area contributed by atoms with E-state index >= 15 is 0 Å². The molecule has 0 atom stereocenters. The second-order valence-electron chi connectivity index (χ2n) is 4.69. The number of carbonyl (C=O) groups excluding carboxylic acids is 2. The van der Waals surface area contributed by atoms with Crippen molar-refractivity contribution in [2.45, 2.75) is 32.7 Å². The van der Waals surface area contributed by atoms with Crippen molar-refractivity contribution in [2.75, 3.05) is 20.7 Å². The van der Waals surface area contributed by atoms with Gasteiger partial charge in [-0.3, -0.25) is 14.4 Å². The largest absolute Gasteiger partial charge is 0.469 e. The molecule has 1 aromatic heterocycles. The van der Waals surface area contributed by atoms with Crippen LogP contribution in [0.2, 0.25) is 0 Å². The minimum absolute atomic E-state index is 0.119. The first-order chi connectivity index (χ1) is 9.99. The highest BCUT2D eigenvalue weighted by Gasteiger charge is 2.15. The SMILES string of the molecule is CCCCn1nc(C(=O)N(C)CCC(=O)OC)ccc1=O. The lowest BCUT2D eigenvalue weighted by Gasteiger charge is -2.16. The smallest absolute Gasteiger partial charge is 0.307 e. The molecular weight excluding hydrogens is 274 g/mol. The molecule has 0 aliphatic rings. The van der Waals surface area contributed by atoms with Gasteiger partial charge in [0.15, 0.2) is 0 Å². The molecule has 21 heavy (non-hydrogen) atoms. The van der Waals surface area contributed by atoms with Gasteiger partial charge < -0.3 is 9.64 Å². The van der Waals surface area contributed by atoms with Gasteiger partial charge in [-0.15, -0.1) is 0 Å². The molecule has 0 N–H and O–H groups in total. The highest BCUT2D eigenvalue weighted by Crippen LogP contribution is 2.00. The molecule has 0 saturated carbocycles. The molecule has 0 saturated heterocycles. The second-order valence-corrected chi connectivity index (χ2v) is 4.69. The first-order valence-corrected chi connectivity index (χ1v) is 6.90. The van der Waals surface area contributed by atoms with Crippen LogP contribution in [0.15, 0.2) is 16.9 Å². The normalized spacial score (nSPS) is 10.2. The van der Waals surface area contributed by atoms with Gasteiger partial charge >= 0.3 is 5.97 Å². The van der Waals surface area contributed by atoms with Crippen molar-refractivity contribution in [1.29, 1.82) is 0 Å². The lowest BCUT2D eigenvalue weighted by molar-refractivity contribution is -0.140. The van der Waals surface area contributed by atoms with Gasteiger partial charge in [0.25, 0.3) is 11.5 Å². The topological polar surface area (TPSA) is 81.5 Å². The number of aryl methyl sites for hydroxylation is 1. The average Bonchev–Trinajstić information content (AvgIpc) is 2.50. The number of hydrogen-bond donors (Lipinski definition) is 0. The Balaban J connectivity index is 2.77. The van der Waals surface area contributed by atoms with Crippen molar-refractivity contribution in [3.8, 4) is 0 Å². The van der Waals surface area contributed by atoms with E-state index in [0.717, 1.165) is 12.8 Å². The van der Waals surface area contributed by atoms with Crippen LogP contribution in [-0.4, -0.2) is 47.3 Å². The highest BCUT2D eigenvalue weighted by atomic mass is 16.5. The fourth-order valence-electron chi connectivity index (χ4n) is 1.69. The van der Waals surface area contributed by atoms with E-state index in [4.69, 9.17) is 0 Å². The van der Waals surface area contributed by atoms with Crippen LogP contribution in [0.4, 0.5) is 0 Å². The third-order valence-corrected chi connectivity index (χ3v) is 3.03. The molecule has 7 heteroatoms. The van der Waals surface area contributed by atoms with Gasteiger partial charge in [-0.1, -0.05) is 13.3 Å². The molecule has 0 aliphatic heterocycles. The maximum atomic E-state index is 12.2. The number of aromatic nitrogens is 2. The molecule has 0 spiro atoms. The van der Waals surface area contributed by atoms with Crippen LogP contribution in [0.3, 0.4) is 0 Å². The Morgan fingerprint density at radius 2 is 2.10 bits per heavy atom. The van der Waals surface area contributed by atoms with Gasteiger partial charge in [0.05, 0.1) is 13.5 Å². The van der Waals surface area contributed by atoms with E-state index in [1.807, 2.05) is 6.92 Å². The molecule has 0 aromatic carbocycles. The van der Waals surface area contributed by atoms with E-state index in [1.54, 1.807) is 7.05 Å². The molecule has 0 radical (unpaired) electrons. The number of nitrogens with zero attached hydrogens (tertiary/aromatic N) is 3.